The Morgan fingerprint density at radius 3 is 2.68 bits per heavy atom. The Bertz CT molecular complexity index is 1260. The van der Waals surface area contributed by atoms with Gasteiger partial charge in [0.15, 0.2) is 12.4 Å². The Hall–Kier alpha value is -3.80. The van der Waals surface area contributed by atoms with Crippen molar-refractivity contribution >= 4 is 11.0 Å². The number of aromatic amines is 1. The molecule has 0 saturated heterocycles. The maximum absolute atomic E-state index is 14.0. The van der Waals surface area contributed by atoms with E-state index in [9.17, 15) is 4.39 Å². The first kappa shape index (κ1) is 16.4. The van der Waals surface area contributed by atoms with Crippen LogP contribution in [0.2, 0.25) is 0 Å². The quantitative estimate of drug-likeness (QED) is 0.478. The van der Waals surface area contributed by atoms with E-state index in [1.807, 2.05) is 59.4 Å². The van der Waals surface area contributed by atoms with E-state index in [2.05, 4.69) is 15.1 Å². The molecule has 0 aliphatic rings. The van der Waals surface area contributed by atoms with E-state index in [0.29, 0.717) is 17.9 Å². The van der Waals surface area contributed by atoms with Crippen LogP contribution in [0, 0.1) is 5.82 Å². The van der Waals surface area contributed by atoms with Gasteiger partial charge in [-0.3, -0.25) is 0 Å². The van der Waals surface area contributed by atoms with Crippen LogP contribution in [0.25, 0.3) is 33.7 Å². The Morgan fingerprint density at radius 2 is 1.82 bits per heavy atom. The minimum absolute atomic E-state index is 0.301. The number of benzene rings is 2. The topological polar surface area (TPSA) is 58.6 Å². The fourth-order valence-corrected chi connectivity index (χ4v) is 3.19. The summed E-state index contributed by atoms with van der Waals surface area (Å²) in [5.41, 5.74) is 3.87. The average Bonchev–Trinajstić information content (AvgIpc) is 3.36. The normalized spacial score (nSPS) is 11.2. The summed E-state index contributed by atoms with van der Waals surface area (Å²) in [6, 6.07) is 20.3. The van der Waals surface area contributed by atoms with E-state index in [0.717, 1.165) is 28.1 Å². The SMILES string of the molecule is Fc1ccccc1-c1nc2cc[n+](Cc3cc(-c4ccccc4)no3)cc2[nH]1. The highest BCUT2D eigenvalue weighted by Gasteiger charge is 2.15. The average molecular weight is 371 g/mol. The van der Waals surface area contributed by atoms with Crippen molar-refractivity contribution in [1.82, 2.24) is 15.1 Å². The van der Waals surface area contributed by atoms with Crippen molar-refractivity contribution in [3.63, 3.8) is 0 Å². The minimum Gasteiger partial charge on any atom is -0.354 e. The Kier molecular flexibility index (Phi) is 3.94. The van der Waals surface area contributed by atoms with E-state index < -0.39 is 0 Å². The van der Waals surface area contributed by atoms with Crippen molar-refractivity contribution in [3.05, 3.63) is 90.7 Å². The van der Waals surface area contributed by atoms with Crippen LogP contribution in [0.3, 0.4) is 0 Å². The second-order valence-electron chi connectivity index (χ2n) is 6.53. The van der Waals surface area contributed by atoms with E-state index in [1.165, 1.54) is 6.07 Å². The van der Waals surface area contributed by atoms with Gasteiger partial charge in [0, 0.05) is 17.7 Å². The molecule has 5 rings (SSSR count). The first-order chi connectivity index (χ1) is 13.8. The van der Waals surface area contributed by atoms with Crippen molar-refractivity contribution in [3.8, 4) is 22.6 Å². The monoisotopic (exact) mass is 371 g/mol. The molecule has 3 aromatic heterocycles. The zero-order valence-corrected chi connectivity index (χ0v) is 14.8. The molecule has 5 nitrogen and oxygen atoms in total. The molecule has 1 N–H and O–H groups in total. The third-order valence-corrected chi connectivity index (χ3v) is 4.58. The number of nitrogens with zero attached hydrogens (tertiary/aromatic N) is 3. The highest BCUT2D eigenvalue weighted by atomic mass is 19.1. The molecule has 2 aromatic carbocycles. The zero-order valence-electron chi connectivity index (χ0n) is 14.8. The van der Waals surface area contributed by atoms with Crippen molar-refractivity contribution < 1.29 is 13.5 Å². The van der Waals surface area contributed by atoms with Crippen LogP contribution >= 0.6 is 0 Å². The Labute approximate surface area is 160 Å². The molecule has 28 heavy (non-hydrogen) atoms. The third-order valence-electron chi connectivity index (χ3n) is 4.58. The van der Waals surface area contributed by atoms with E-state index in [-0.39, 0.29) is 5.82 Å². The third kappa shape index (κ3) is 3.05. The molecule has 0 amide bonds. The molecule has 0 aliphatic heterocycles. The van der Waals surface area contributed by atoms with Gasteiger partial charge < -0.3 is 9.51 Å². The molecular formula is C22H16FN4O+. The highest BCUT2D eigenvalue weighted by Crippen LogP contribution is 2.22. The van der Waals surface area contributed by atoms with E-state index in [4.69, 9.17) is 4.52 Å². The molecular weight excluding hydrogens is 355 g/mol. The molecule has 0 spiro atoms. The number of imidazole rings is 1. The lowest BCUT2D eigenvalue weighted by atomic mass is 10.1. The predicted octanol–water partition coefficient (Wildman–Crippen LogP) is 4.36. The van der Waals surface area contributed by atoms with Crippen LogP contribution in [0.1, 0.15) is 5.76 Å². The number of hydrogen-bond acceptors (Lipinski definition) is 3. The number of pyridine rings is 1. The molecule has 3 heterocycles. The van der Waals surface area contributed by atoms with Gasteiger partial charge >= 0.3 is 0 Å². The van der Waals surface area contributed by atoms with E-state index >= 15 is 0 Å². The number of nitrogens with one attached hydrogen (secondary N) is 1. The molecule has 0 aliphatic carbocycles. The summed E-state index contributed by atoms with van der Waals surface area (Å²) in [5, 5.41) is 4.15. The lowest BCUT2D eigenvalue weighted by Crippen LogP contribution is -2.32. The summed E-state index contributed by atoms with van der Waals surface area (Å²) < 4.78 is 21.5. The van der Waals surface area contributed by atoms with Crippen LogP contribution in [0.4, 0.5) is 4.39 Å². The standard InChI is InChI=1S/C22H15FN4O/c23-18-9-5-4-8-17(18)22-24-19-10-11-27(14-21(19)25-22)13-16-12-20(26-28-16)15-6-2-1-3-7-15/h1-12,14H,13H2/p+1. The van der Waals surface area contributed by atoms with E-state index in [1.54, 1.807) is 18.2 Å². The number of hydrogen-bond donors (Lipinski definition) is 1. The van der Waals surface area contributed by atoms with Gasteiger partial charge in [-0.25, -0.2) is 9.37 Å². The Morgan fingerprint density at radius 1 is 1.00 bits per heavy atom. The molecule has 0 bridgehead atoms. The van der Waals surface area contributed by atoms with Gasteiger partial charge in [0.1, 0.15) is 28.4 Å². The summed E-state index contributed by atoms with van der Waals surface area (Å²) in [5.74, 6) is 0.957. The van der Waals surface area contributed by atoms with Gasteiger partial charge in [-0.2, -0.15) is 4.57 Å². The van der Waals surface area contributed by atoms with Crippen LogP contribution in [-0.4, -0.2) is 15.1 Å². The van der Waals surface area contributed by atoms with Gasteiger partial charge in [-0.1, -0.05) is 47.6 Å². The maximum atomic E-state index is 14.0. The van der Waals surface area contributed by atoms with Crippen molar-refractivity contribution in [1.29, 1.82) is 0 Å². The molecule has 6 heteroatoms. The minimum atomic E-state index is -0.301. The highest BCUT2D eigenvalue weighted by molar-refractivity contribution is 5.77. The molecule has 0 fully saturated rings. The molecule has 5 aromatic rings. The second kappa shape index (κ2) is 6.74. The van der Waals surface area contributed by atoms with Crippen LogP contribution < -0.4 is 4.57 Å². The van der Waals surface area contributed by atoms with Gasteiger partial charge in [-0.15, -0.1) is 0 Å². The number of rotatable bonds is 4. The van der Waals surface area contributed by atoms with Crippen LogP contribution in [0.5, 0.6) is 0 Å². The van der Waals surface area contributed by atoms with Gasteiger partial charge in [0.05, 0.1) is 5.56 Å². The van der Waals surface area contributed by atoms with Crippen molar-refractivity contribution in [2.45, 2.75) is 6.54 Å². The molecule has 0 atom stereocenters. The number of halogens is 1. The number of H-pyrrole nitrogens is 1. The van der Waals surface area contributed by atoms with Crippen LogP contribution in [-0.2, 0) is 6.54 Å². The van der Waals surface area contributed by atoms with Gasteiger partial charge in [-0.05, 0) is 12.1 Å². The summed E-state index contributed by atoms with van der Waals surface area (Å²) in [7, 11) is 0. The largest absolute Gasteiger partial charge is 0.354 e. The lowest BCUT2D eigenvalue weighted by Gasteiger charge is -1.96. The van der Waals surface area contributed by atoms with Crippen molar-refractivity contribution in [2.24, 2.45) is 0 Å². The first-order valence-corrected chi connectivity index (χ1v) is 8.91. The first-order valence-electron chi connectivity index (χ1n) is 8.91. The summed E-state index contributed by atoms with van der Waals surface area (Å²) in [6.07, 6.45) is 3.84. The smallest absolute Gasteiger partial charge is 0.208 e. The van der Waals surface area contributed by atoms with Gasteiger partial charge in [0.2, 0.25) is 12.3 Å². The summed E-state index contributed by atoms with van der Waals surface area (Å²) >= 11 is 0. The van der Waals surface area contributed by atoms with Crippen LogP contribution in [0.15, 0.2) is 83.6 Å². The molecule has 0 saturated carbocycles. The number of fused-ring (bicyclic) bond motifs is 1. The predicted molar refractivity (Wildman–Crippen MR) is 103 cm³/mol. The van der Waals surface area contributed by atoms with Gasteiger partial charge in [0.25, 0.3) is 0 Å². The van der Waals surface area contributed by atoms with Crippen molar-refractivity contribution in [2.75, 3.05) is 0 Å². The fourth-order valence-electron chi connectivity index (χ4n) is 3.19. The summed E-state index contributed by atoms with van der Waals surface area (Å²) in [6.45, 7) is 0.532. The second-order valence-corrected chi connectivity index (χ2v) is 6.53. The summed E-state index contributed by atoms with van der Waals surface area (Å²) in [4.78, 5) is 7.68. The molecule has 136 valence electrons. The zero-order chi connectivity index (χ0) is 18.9. The number of aromatic nitrogens is 4. The Balaban J connectivity index is 1.43. The molecule has 0 unspecified atom stereocenters. The lowest BCUT2D eigenvalue weighted by molar-refractivity contribution is -0.688. The molecule has 0 radical (unpaired) electrons. The maximum Gasteiger partial charge on any atom is 0.208 e. The fraction of sp³-hybridized carbons (Fsp3) is 0.0455.